The van der Waals surface area contributed by atoms with Crippen LogP contribution < -0.4 is 0 Å². The molecule has 0 bridgehead atoms. The molecule has 0 aliphatic rings. The van der Waals surface area contributed by atoms with Crippen LogP contribution in [-0.2, 0) is 29.9 Å². The zero-order valence-electron chi connectivity index (χ0n) is 19.5. The third-order valence-corrected chi connectivity index (χ3v) is 7.97. The van der Waals surface area contributed by atoms with Gasteiger partial charge in [-0.05, 0) is 42.2 Å². The maximum Gasteiger partial charge on any atom is 0.338 e. The lowest BCUT2D eigenvalue weighted by Crippen LogP contribution is -2.27. The van der Waals surface area contributed by atoms with Gasteiger partial charge in [0.1, 0.15) is 6.61 Å². The minimum atomic E-state index is -3.52. The van der Waals surface area contributed by atoms with Gasteiger partial charge in [-0.25, -0.2) is 5.06 Å². The number of hydroxylamine groups is 2. The lowest BCUT2D eigenvalue weighted by atomic mass is 9.99. The molecule has 176 valence electrons. The van der Waals surface area contributed by atoms with Crippen LogP contribution in [0.3, 0.4) is 0 Å². The van der Waals surface area contributed by atoms with E-state index in [0.717, 1.165) is 21.9 Å². The fourth-order valence-electron chi connectivity index (χ4n) is 3.84. The first-order valence-corrected chi connectivity index (χ1v) is 12.9. The summed E-state index contributed by atoms with van der Waals surface area (Å²) in [5.74, 6) is -0.198. The largest absolute Gasteiger partial charge is 0.338 e. The molecule has 1 amide bonds. The number of amides is 1. The molecular weight excluding hydrogens is 437 g/mol. The summed E-state index contributed by atoms with van der Waals surface area (Å²) in [6, 6.07) is 23.5. The lowest BCUT2D eigenvalue weighted by Gasteiger charge is -2.28. The fraction of sp³-hybridized carbons (Fsp3) is 0.346. The van der Waals surface area contributed by atoms with Crippen LogP contribution in [0.4, 0.5) is 0 Å². The van der Waals surface area contributed by atoms with Crippen LogP contribution in [0.1, 0.15) is 43.5 Å². The standard InChI is InChI=1S/C26H32NO5P/c1-4-31-33(29,32-5-2)25(24-17-11-15-22-14-9-10-16-23(22)24)18-19-26(28)27(3)30-20-21-12-7-6-8-13-21/h6-17,25H,4-5,18-20H2,1-3H3. The summed E-state index contributed by atoms with van der Waals surface area (Å²) in [5, 5.41) is 3.26. The van der Waals surface area contributed by atoms with Gasteiger partial charge in [-0.2, -0.15) is 0 Å². The molecule has 0 heterocycles. The highest BCUT2D eigenvalue weighted by atomic mass is 31.2. The number of carbonyl (C=O) groups is 1. The molecule has 3 rings (SSSR count). The minimum absolute atomic E-state index is 0.142. The smallest absolute Gasteiger partial charge is 0.308 e. The summed E-state index contributed by atoms with van der Waals surface area (Å²) in [6.45, 7) is 4.40. The molecule has 0 radical (unpaired) electrons. The van der Waals surface area contributed by atoms with Crippen molar-refractivity contribution in [3.63, 3.8) is 0 Å². The van der Waals surface area contributed by atoms with Crippen molar-refractivity contribution in [2.45, 2.75) is 39.0 Å². The van der Waals surface area contributed by atoms with Crippen molar-refractivity contribution in [3.8, 4) is 0 Å². The van der Waals surface area contributed by atoms with E-state index in [-0.39, 0.29) is 25.5 Å². The molecule has 0 saturated carbocycles. The van der Waals surface area contributed by atoms with Crippen molar-refractivity contribution < 1.29 is 23.2 Å². The normalized spacial score (nSPS) is 12.6. The van der Waals surface area contributed by atoms with E-state index in [2.05, 4.69) is 0 Å². The first kappa shape index (κ1) is 25.1. The van der Waals surface area contributed by atoms with Crippen LogP contribution in [0.5, 0.6) is 0 Å². The summed E-state index contributed by atoms with van der Waals surface area (Å²) in [7, 11) is -1.92. The zero-order valence-corrected chi connectivity index (χ0v) is 20.4. The Bertz CT molecular complexity index is 1070. The van der Waals surface area contributed by atoms with E-state index in [1.807, 2.05) is 72.8 Å². The Morgan fingerprint density at radius 1 is 0.909 bits per heavy atom. The monoisotopic (exact) mass is 469 g/mol. The molecule has 0 aliphatic heterocycles. The second kappa shape index (κ2) is 12.1. The van der Waals surface area contributed by atoms with E-state index in [1.54, 1.807) is 20.9 Å². The predicted octanol–water partition coefficient (Wildman–Crippen LogP) is 6.52. The molecular formula is C26H32NO5P. The molecule has 3 aromatic rings. The molecule has 0 aliphatic carbocycles. The van der Waals surface area contributed by atoms with E-state index < -0.39 is 13.3 Å². The van der Waals surface area contributed by atoms with Gasteiger partial charge in [0.15, 0.2) is 0 Å². The van der Waals surface area contributed by atoms with Gasteiger partial charge in [0.2, 0.25) is 5.91 Å². The van der Waals surface area contributed by atoms with Crippen LogP contribution in [0.15, 0.2) is 72.8 Å². The molecule has 1 atom stereocenters. The third kappa shape index (κ3) is 6.52. The molecule has 0 fully saturated rings. The van der Waals surface area contributed by atoms with Crippen LogP contribution in [-0.4, -0.2) is 31.2 Å². The molecule has 0 N–H and O–H groups in total. The van der Waals surface area contributed by atoms with Crippen molar-refractivity contribution >= 4 is 24.3 Å². The molecule has 1 unspecified atom stereocenters. The first-order valence-electron chi connectivity index (χ1n) is 11.3. The highest BCUT2D eigenvalue weighted by Crippen LogP contribution is 2.63. The fourth-order valence-corrected chi connectivity index (χ4v) is 6.00. The highest BCUT2D eigenvalue weighted by molar-refractivity contribution is 7.54. The van der Waals surface area contributed by atoms with Crippen molar-refractivity contribution in [1.82, 2.24) is 5.06 Å². The number of rotatable bonds is 12. The molecule has 0 aromatic heterocycles. The molecule has 6 nitrogen and oxygen atoms in total. The highest BCUT2D eigenvalue weighted by Gasteiger charge is 2.38. The van der Waals surface area contributed by atoms with Gasteiger partial charge < -0.3 is 9.05 Å². The number of hydrogen-bond donors (Lipinski definition) is 0. The quantitative estimate of drug-likeness (QED) is 0.223. The van der Waals surface area contributed by atoms with Gasteiger partial charge in [-0.3, -0.25) is 14.2 Å². The average Bonchev–Trinajstić information content (AvgIpc) is 2.83. The van der Waals surface area contributed by atoms with Gasteiger partial charge in [0, 0.05) is 13.5 Å². The average molecular weight is 470 g/mol. The molecule has 0 saturated heterocycles. The third-order valence-electron chi connectivity index (χ3n) is 5.43. The summed E-state index contributed by atoms with van der Waals surface area (Å²) >= 11 is 0. The number of carbonyl (C=O) groups excluding carboxylic acids is 1. The van der Waals surface area contributed by atoms with Crippen LogP contribution >= 0.6 is 7.60 Å². The molecule has 7 heteroatoms. The van der Waals surface area contributed by atoms with Crippen LogP contribution in [0.2, 0.25) is 0 Å². The van der Waals surface area contributed by atoms with Crippen LogP contribution in [0, 0.1) is 0 Å². The van der Waals surface area contributed by atoms with Crippen molar-refractivity contribution in [2.75, 3.05) is 20.3 Å². The van der Waals surface area contributed by atoms with Crippen molar-refractivity contribution in [3.05, 3.63) is 83.9 Å². The minimum Gasteiger partial charge on any atom is -0.308 e. The Balaban J connectivity index is 1.81. The van der Waals surface area contributed by atoms with Gasteiger partial charge in [0.05, 0.1) is 18.9 Å². The van der Waals surface area contributed by atoms with Gasteiger partial charge in [-0.1, -0.05) is 72.8 Å². The van der Waals surface area contributed by atoms with Crippen molar-refractivity contribution in [1.29, 1.82) is 0 Å². The van der Waals surface area contributed by atoms with Gasteiger partial charge >= 0.3 is 7.60 Å². The Labute approximate surface area is 195 Å². The maximum absolute atomic E-state index is 13.9. The second-order valence-electron chi connectivity index (χ2n) is 7.65. The summed E-state index contributed by atoms with van der Waals surface area (Å²) < 4.78 is 25.3. The number of hydrogen-bond acceptors (Lipinski definition) is 5. The second-order valence-corrected chi connectivity index (χ2v) is 9.87. The Kier molecular flexibility index (Phi) is 9.21. The summed E-state index contributed by atoms with van der Waals surface area (Å²) in [6.07, 6.45) is 0.451. The number of nitrogens with zero attached hydrogens (tertiary/aromatic N) is 1. The first-order chi connectivity index (χ1) is 16.0. The van der Waals surface area contributed by atoms with E-state index >= 15 is 0 Å². The number of fused-ring (bicyclic) bond motifs is 1. The summed E-state index contributed by atoms with van der Waals surface area (Å²) in [4.78, 5) is 18.5. The Hall–Kier alpha value is -2.50. The zero-order chi connectivity index (χ0) is 23.7. The molecule has 3 aromatic carbocycles. The van der Waals surface area contributed by atoms with Gasteiger partial charge in [-0.15, -0.1) is 0 Å². The molecule has 33 heavy (non-hydrogen) atoms. The molecule has 0 spiro atoms. The van der Waals surface area contributed by atoms with E-state index in [4.69, 9.17) is 13.9 Å². The summed E-state index contributed by atoms with van der Waals surface area (Å²) in [5.41, 5.74) is 1.26. The Morgan fingerprint density at radius 3 is 2.24 bits per heavy atom. The maximum atomic E-state index is 13.9. The van der Waals surface area contributed by atoms with Gasteiger partial charge in [0.25, 0.3) is 0 Å². The van der Waals surface area contributed by atoms with Crippen molar-refractivity contribution in [2.24, 2.45) is 0 Å². The number of benzene rings is 3. The lowest BCUT2D eigenvalue weighted by molar-refractivity contribution is -0.182. The topological polar surface area (TPSA) is 65.1 Å². The SMILES string of the molecule is CCOP(=O)(OCC)C(CCC(=O)N(C)OCc1ccccc1)c1cccc2ccccc12. The van der Waals surface area contributed by atoms with Crippen LogP contribution in [0.25, 0.3) is 10.8 Å². The predicted molar refractivity (Wildman–Crippen MR) is 131 cm³/mol. The Morgan fingerprint density at radius 2 is 1.55 bits per heavy atom. The van der Waals surface area contributed by atoms with E-state index in [0.29, 0.717) is 13.0 Å². The van der Waals surface area contributed by atoms with E-state index in [1.165, 1.54) is 5.06 Å². The van der Waals surface area contributed by atoms with E-state index in [9.17, 15) is 9.36 Å².